The number of β-amino-alcohol motifs (C(OH)–C–C–N with tert-alkyl or cyclic N) is 1. The van der Waals surface area contributed by atoms with Gasteiger partial charge in [0.2, 0.25) is 0 Å². The van der Waals surface area contributed by atoms with Gasteiger partial charge in [0.15, 0.2) is 6.10 Å². The molecule has 5 nitrogen and oxygen atoms in total. The average molecular weight is 306 g/mol. The summed E-state index contributed by atoms with van der Waals surface area (Å²) in [6.07, 6.45) is -0.0499. The molecule has 1 saturated heterocycles. The first-order chi connectivity index (χ1) is 10.7. The Labute approximate surface area is 132 Å². The molecule has 2 rings (SSSR count). The zero-order valence-corrected chi connectivity index (χ0v) is 13.4. The number of ether oxygens (including phenoxy) is 1. The van der Waals surface area contributed by atoms with Crippen LogP contribution in [0.15, 0.2) is 30.3 Å². The van der Waals surface area contributed by atoms with Crippen molar-refractivity contribution in [1.82, 2.24) is 9.80 Å². The Bertz CT molecular complexity index is 458. The van der Waals surface area contributed by atoms with Crippen LogP contribution in [0.1, 0.15) is 25.0 Å². The maximum Gasteiger partial charge on any atom is 0.256 e. The number of hydrogen-bond acceptors (Lipinski definition) is 4. The van der Waals surface area contributed by atoms with Crippen LogP contribution in [-0.2, 0) is 9.53 Å². The predicted molar refractivity (Wildman–Crippen MR) is 85.5 cm³/mol. The van der Waals surface area contributed by atoms with Crippen LogP contribution in [0.2, 0.25) is 0 Å². The molecule has 0 unspecified atom stereocenters. The standard InChI is InChI=1S/C17H26N2O3/c1-3-15(20)13-18-9-11-19(12-10-18)17(21)16(22-2)14-7-5-4-6-8-14/h4-8,15-16,20H,3,9-13H2,1-2H3/t15-,16-/m0/s1. The molecule has 0 radical (unpaired) electrons. The van der Waals surface area contributed by atoms with Crippen LogP contribution in [0.25, 0.3) is 0 Å². The fourth-order valence-corrected chi connectivity index (χ4v) is 2.75. The Morgan fingerprint density at radius 1 is 1.23 bits per heavy atom. The largest absolute Gasteiger partial charge is 0.392 e. The lowest BCUT2D eigenvalue weighted by Gasteiger charge is -2.36. The van der Waals surface area contributed by atoms with E-state index in [0.717, 1.165) is 25.1 Å². The molecule has 0 saturated carbocycles. The summed E-state index contributed by atoms with van der Waals surface area (Å²) in [7, 11) is 1.57. The van der Waals surface area contributed by atoms with Crippen molar-refractivity contribution in [3.05, 3.63) is 35.9 Å². The van der Waals surface area contributed by atoms with Gasteiger partial charge in [0.05, 0.1) is 6.10 Å². The van der Waals surface area contributed by atoms with Crippen LogP contribution in [0.5, 0.6) is 0 Å². The highest BCUT2D eigenvalue weighted by molar-refractivity contribution is 5.82. The monoisotopic (exact) mass is 306 g/mol. The molecule has 1 aliphatic heterocycles. The van der Waals surface area contributed by atoms with Crippen molar-refractivity contribution in [2.24, 2.45) is 0 Å². The Balaban J connectivity index is 1.91. The number of carbonyl (C=O) groups is 1. The molecule has 5 heteroatoms. The normalized spacial score (nSPS) is 19.0. The van der Waals surface area contributed by atoms with Crippen molar-refractivity contribution in [3.63, 3.8) is 0 Å². The van der Waals surface area contributed by atoms with Crippen molar-refractivity contribution in [3.8, 4) is 0 Å². The van der Waals surface area contributed by atoms with Gasteiger partial charge in [-0.1, -0.05) is 37.3 Å². The minimum absolute atomic E-state index is 0.0180. The van der Waals surface area contributed by atoms with Crippen molar-refractivity contribution in [2.45, 2.75) is 25.6 Å². The fourth-order valence-electron chi connectivity index (χ4n) is 2.75. The molecule has 1 heterocycles. The van der Waals surface area contributed by atoms with E-state index >= 15 is 0 Å². The molecular weight excluding hydrogens is 280 g/mol. The van der Waals surface area contributed by atoms with Gasteiger partial charge < -0.3 is 14.7 Å². The van der Waals surface area contributed by atoms with E-state index in [1.807, 2.05) is 42.2 Å². The smallest absolute Gasteiger partial charge is 0.256 e. The van der Waals surface area contributed by atoms with Gasteiger partial charge in [-0.05, 0) is 12.0 Å². The highest BCUT2D eigenvalue weighted by Gasteiger charge is 2.28. The van der Waals surface area contributed by atoms with Crippen LogP contribution < -0.4 is 0 Å². The van der Waals surface area contributed by atoms with Crippen molar-refractivity contribution < 1.29 is 14.6 Å². The number of piperazine rings is 1. The topological polar surface area (TPSA) is 53.0 Å². The van der Waals surface area contributed by atoms with Crippen LogP contribution in [0, 0.1) is 0 Å². The van der Waals surface area contributed by atoms with Gasteiger partial charge in [0.1, 0.15) is 0 Å². The molecule has 2 atom stereocenters. The number of aliphatic hydroxyl groups excluding tert-OH is 1. The summed E-state index contributed by atoms with van der Waals surface area (Å²) in [6, 6.07) is 9.59. The van der Waals surface area contributed by atoms with E-state index in [-0.39, 0.29) is 12.0 Å². The molecular formula is C17H26N2O3. The predicted octanol–water partition coefficient (Wildman–Crippen LogP) is 1.29. The van der Waals surface area contributed by atoms with E-state index in [4.69, 9.17) is 4.74 Å². The third kappa shape index (κ3) is 4.29. The molecule has 1 aliphatic rings. The number of rotatable bonds is 6. The molecule has 1 aromatic rings. The Morgan fingerprint density at radius 3 is 2.41 bits per heavy atom. The number of amides is 1. The highest BCUT2D eigenvalue weighted by Crippen LogP contribution is 2.20. The van der Waals surface area contributed by atoms with E-state index in [9.17, 15) is 9.90 Å². The van der Waals surface area contributed by atoms with Gasteiger partial charge in [-0.15, -0.1) is 0 Å². The average Bonchev–Trinajstić information content (AvgIpc) is 2.57. The quantitative estimate of drug-likeness (QED) is 0.860. The molecule has 22 heavy (non-hydrogen) atoms. The molecule has 0 aromatic heterocycles. The lowest BCUT2D eigenvalue weighted by Crippen LogP contribution is -2.51. The van der Waals surface area contributed by atoms with E-state index in [1.54, 1.807) is 7.11 Å². The Morgan fingerprint density at radius 2 is 1.86 bits per heavy atom. The van der Waals surface area contributed by atoms with Crippen LogP contribution in [0.4, 0.5) is 0 Å². The summed E-state index contributed by atoms with van der Waals surface area (Å²) in [5.41, 5.74) is 0.888. The van der Waals surface area contributed by atoms with Gasteiger partial charge in [0.25, 0.3) is 5.91 Å². The van der Waals surface area contributed by atoms with Gasteiger partial charge >= 0.3 is 0 Å². The van der Waals surface area contributed by atoms with Crippen LogP contribution >= 0.6 is 0 Å². The number of hydrogen-bond donors (Lipinski definition) is 1. The molecule has 122 valence electrons. The second-order valence-corrected chi connectivity index (χ2v) is 5.71. The zero-order chi connectivity index (χ0) is 15.9. The molecule has 0 spiro atoms. The van der Waals surface area contributed by atoms with Crippen LogP contribution in [0.3, 0.4) is 0 Å². The number of benzene rings is 1. The van der Waals surface area contributed by atoms with E-state index in [1.165, 1.54) is 0 Å². The van der Waals surface area contributed by atoms with Crippen molar-refractivity contribution in [1.29, 1.82) is 0 Å². The molecule has 1 aromatic carbocycles. The van der Waals surface area contributed by atoms with Gasteiger partial charge in [-0.25, -0.2) is 0 Å². The fraction of sp³-hybridized carbons (Fsp3) is 0.588. The number of nitrogens with zero attached hydrogens (tertiary/aromatic N) is 2. The molecule has 1 fully saturated rings. The first-order valence-electron chi connectivity index (χ1n) is 7.92. The highest BCUT2D eigenvalue weighted by atomic mass is 16.5. The number of methoxy groups -OCH3 is 1. The lowest BCUT2D eigenvalue weighted by molar-refractivity contribution is -0.144. The third-order valence-corrected chi connectivity index (χ3v) is 4.19. The van der Waals surface area contributed by atoms with Gasteiger partial charge in [0, 0.05) is 39.8 Å². The number of aliphatic hydroxyl groups is 1. The second kappa shape index (κ2) is 8.27. The zero-order valence-electron chi connectivity index (χ0n) is 13.4. The summed E-state index contributed by atoms with van der Waals surface area (Å²) < 4.78 is 5.42. The minimum Gasteiger partial charge on any atom is -0.392 e. The van der Waals surface area contributed by atoms with E-state index in [2.05, 4.69) is 4.90 Å². The maximum absolute atomic E-state index is 12.6. The summed E-state index contributed by atoms with van der Waals surface area (Å²) in [4.78, 5) is 16.7. The van der Waals surface area contributed by atoms with Gasteiger partial charge in [-0.2, -0.15) is 0 Å². The molecule has 1 amide bonds. The molecule has 0 bridgehead atoms. The summed E-state index contributed by atoms with van der Waals surface area (Å²) >= 11 is 0. The molecule has 1 N–H and O–H groups in total. The SMILES string of the molecule is CC[C@H](O)CN1CCN(C(=O)[C@@H](OC)c2ccccc2)CC1. The summed E-state index contributed by atoms with van der Waals surface area (Å²) in [6.45, 7) is 5.63. The van der Waals surface area contributed by atoms with E-state index in [0.29, 0.717) is 19.6 Å². The van der Waals surface area contributed by atoms with Crippen LogP contribution in [-0.4, -0.2) is 66.8 Å². The third-order valence-electron chi connectivity index (χ3n) is 4.19. The second-order valence-electron chi connectivity index (χ2n) is 5.71. The summed E-state index contributed by atoms with van der Waals surface area (Å²) in [5.74, 6) is 0.0180. The van der Waals surface area contributed by atoms with E-state index < -0.39 is 6.10 Å². The maximum atomic E-state index is 12.6. The van der Waals surface area contributed by atoms with Gasteiger partial charge in [-0.3, -0.25) is 9.69 Å². The summed E-state index contributed by atoms with van der Waals surface area (Å²) in [5, 5.41) is 9.72. The Hall–Kier alpha value is -1.43. The van der Waals surface area contributed by atoms with Crippen molar-refractivity contribution >= 4 is 5.91 Å². The lowest BCUT2D eigenvalue weighted by atomic mass is 10.1. The minimum atomic E-state index is -0.533. The Kier molecular flexibility index (Phi) is 6.36. The molecule has 0 aliphatic carbocycles. The number of carbonyl (C=O) groups excluding carboxylic acids is 1. The van der Waals surface area contributed by atoms with Crippen molar-refractivity contribution in [2.75, 3.05) is 39.8 Å². The first kappa shape index (κ1) is 16.9. The first-order valence-corrected chi connectivity index (χ1v) is 7.92.